The average molecular weight is 369 g/mol. The van der Waals surface area contributed by atoms with E-state index in [2.05, 4.69) is 5.32 Å². The van der Waals surface area contributed by atoms with Crippen molar-refractivity contribution in [3.63, 3.8) is 0 Å². The Morgan fingerprint density at radius 2 is 1.80 bits per heavy atom. The number of rotatable bonds is 7. The molecule has 0 fully saturated rings. The molecule has 2 aromatic rings. The summed E-state index contributed by atoms with van der Waals surface area (Å²) in [6.07, 6.45) is -0.899. The van der Waals surface area contributed by atoms with Crippen LogP contribution in [-0.4, -0.2) is 30.3 Å². The van der Waals surface area contributed by atoms with Gasteiger partial charge in [0, 0.05) is 6.54 Å². The van der Waals surface area contributed by atoms with E-state index in [1.165, 1.54) is 24.3 Å². The van der Waals surface area contributed by atoms with Crippen LogP contribution >= 0.6 is 12.4 Å². The van der Waals surface area contributed by atoms with E-state index < -0.39 is 12.1 Å². The molecule has 2 unspecified atom stereocenters. The monoisotopic (exact) mass is 368 g/mol. The molecule has 2 atom stereocenters. The fourth-order valence-corrected chi connectivity index (χ4v) is 2.04. The molecule has 25 heavy (non-hydrogen) atoms. The number of benzene rings is 2. The maximum absolute atomic E-state index is 12.8. The number of aliphatic hydroxyl groups is 1. The number of aliphatic hydroxyl groups excluding tert-OH is 1. The summed E-state index contributed by atoms with van der Waals surface area (Å²) in [5.41, 5.74) is 7.68. The largest absolute Gasteiger partial charge is 0.491 e. The molecule has 0 aliphatic carbocycles. The van der Waals surface area contributed by atoms with Crippen LogP contribution in [0.4, 0.5) is 4.39 Å². The first-order valence-corrected chi connectivity index (χ1v) is 7.62. The van der Waals surface area contributed by atoms with Gasteiger partial charge in [-0.05, 0) is 36.8 Å². The molecule has 0 radical (unpaired) electrons. The minimum atomic E-state index is -0.899. The number of amides is 1. The lowest BCUT2D eigenvalue weighted by molar-refractivity contribution is -0.123. The lowest BCUT2D eigenvalue weighted by atomic mass is 10.1. The van der Waals surface area contributed by atoms with Crippen molar-refractivity contribution in [2.45, 2.75) is 19.1 Å². The van der Waals surface area contributed by atoms with Gasteiger partial charge >= 0.3 is 0 Å². The Bertz CT molecular complexity index is 665. The van der Waals surface area contributed by atoms with E-state index in [4.69, 9.17) is 10.5 Å². The van der Waals surface area contributed by atoms with E-state index >= 15 is 0 Å². The normalized spacial score (nSPS) is 12.6. The van der Waals surface area contributed by atoms with Crippen LogP contribution in [0.15, 0.2) is 48.5 Å². The molecule has 0 aliphatic heterocycles. The fraction of sp³-hybridized carbons (Fsp3) is 0.278. The van der Waals surface area contributed by atoms with Gasteiger partial charge in [-0.25, -0.2) is 4.39 Å². The standard InChI is InChI=1S/C18H21FN2O3.ClH/c1-12-2-4-13(5-3-12)17(20)18(23)21-10-15(22)11-24-16-8-6-14(19)7-9-16;/h2-9,15,17,22H,10-11,20H2,1H3,(H,21,23);1H. The van der Waals surface area contributed by atoms with Gasteiger partial charge in [-0.2, -0.15) is 0 Å². The van der Waals surface area contributed by atoms with E-state index in [-0.39, 0.29) is 37.3 Å². The van der Waals surface area contributed by atoms with Crippen molar-refractivity contribution in [1.29, 1.82) is 0 Å². The Morgan fingerprint density at radius 1 is 1.20 bits per heavy atom. The first-order valence-electron chi connectivity index (χ1n) is 7.62. The second-order valence-corrected chi connectivity index (χ2v) is 5.55. The van der Waals surface area contributed by atoms with Crippen LogP contribution in [0.1, 0.15) is 17.2 Å². The molecule has 5 nitrogen and oxygen atoms in total. The first-order chi connectivity index (χ1) is 11.5. The van der Waals surface area contributed by atoms with Crippen molar-refractivity contribution >= 4 is 18.3 Å². The van der Waals surface area contributed by atoms with Crippen LogP contribution in [-0.2, 0) is 4.79 Å². The number of nitrogens with one attached hydrogen (secondary N) is 1. The van der Waals surface area contributed by atoms with Crippen molar-refractivity contribution in [3.8, 4) is 5.75 Å². The lowest BCUT2D eigenvalue weighted by Gasteiger charge is -2.16. The molecule has 0 spiro atoms. The van der Waals surface area contributed by atoms with Crippen LogP contribution in [0.25, 0.3) is 0 Å². The highest BCUT2D eigenvalue weighted by molar-refractivity contribution is 5.85. The van der Waals surface area contributed by atoms with Crippen LogP contribution in [0.5, 0.6) is 5.75 Å². The van der Waals surface area contributed by atoms with Crippen molar-refractivity contribution in [2.75, 3.05) is 13.2 Å². The fourth-order valence-electron chi connectivity index (χ4n) is 2.04. The Kier molecular flexibility index (Phi) is 8.34. The van der Waals surface area contributed by atoms with Gasteiger partial charge in [0.25, 0.3) is 0 Å². The van der Waals surface area contributed by atoms with Crippen molar-refractivity contribution in [1.82, 2.24) is 5.32 Å². The predicted octanol–water partition coefficient (Wildman–Crippen LogP) is 2.11. The van der Waals surface area contributed by atoms with Gasteiger partial charge in [-0.3, -0.25) is 4.79 Å². The number of carbonyl (C=O) groups excluding carboxylic acids is 1. The van der Waals surface area contributed by atoms with Gasteiger partial charge in [0.1, 0.15) is 30.3 Å². The van der Waals surface area contributed by atoms with Crippen LogP contribution in [0, 0.1) is 12.7 Å². The third-order valence-electron chi connectivity index (χ3n) is 3.49. The van der Waals surface area contributed by atoms with E-state index in [1.807, 2.05) is 19.1 Å². The number of nitrogens with two attached hydrogens (primary N) is 1. The van der Waals surface area contributed by atoms with E-state index in [9.17, 15) is 14.3 Å². The second-order valence-electron chi connectivity index (χ2n) is 5.55. The number of hydrogen-bond acceptors (Lipinski definition) is 4. The average Bonchev–Trinajstić information content (AvgIpc) is 2.59. The van der Waals surface area contributed by atoms with Crippen LogP contribution < -0.4 is 15.8 Å². The molecule has 0 aliphatic rings. The smallest absolute Gasteiger partial charge is 0.241 e. The number of carbonyl (C=O) groups is 1. The van der Waals surface area contributed by atoms with E-state index in [1.54, 1.807) is 12.1 Å². The number of aryl methyl sites for hydroxylation is 1. The SMILES string of the molecule is Cc1ccc(C(N)C(=O)NCC(O)COc2ccc(F)cc2)cc1.Cl. The summed E-state index contributed by atoms with van der Waals surface area (Å²) in [6.45, 7) is 1.94. The van der Waals surface area contributed by atoms with Crippen molar-refractivity contribution in [2.24, 2.45) is 5.73 Å². The number of hydrogen-bond donors (Lipinski definition) is 3. The highest BCUT2D eigenvalue weighted by atomic mass is 35.5. The molecule has 0 heterocycles. The summed E-state index contributed by atoms with van der Waals surface area (Å²) in [4.78, 5) is 12.0. The quantitative estimate of drug-likeness (QED) is 0.698. The molecule has 2 rings (SSSR count). The molecule has 7 heteroatoms. The number of halogens is 2. The minimum absolute atomic E-state index is 0. The summed E-state index contributed by atoms with van der Waals surface area (Å²) in [7, 11) is 0. The second kappa shape index (κ2) is 9.98. The molecular weight excluding hydrogens is 347 g/mol. The van der Waals surface area contributed by atoms with E-state index in [0.29, 0.717) is 11.3 Å². The molecule has 0 saturated heterocycles. The molecule has 136 valence electrons. The highest BCUT2D eigenvalue weighted by Gasteiger charge is 2.16. The van der Waals surface area contributed by atoms with Gasteiger partial charge in [-0.15, -0.1) is 12.4 Å². The maximum Gasteiger partial charge on any atom is 0.241 e. The first kappa shape index (κ1) is 20.9. The molecule has 2 aromatic carbocycles. The molecule has 0 bridgehead atoms. The topological polar surface area (TPSA) is 84.6 Å². The zero-order valence-corrected chi connectivity index (χ0v) is 14.6. The minimum Gasteiger partial charge on any atom is -0.491 e. The Labute approximate surface area is 152 Å². The van der Waals surface area contributed by atoms with Gasteiger partial charge < -0.3 is 20.9 Å². The number of ether oxygens (including phenoxy) is 1. The zero-order chi connectivity index (χ0) is 17.5. The highest BCUT2D eigenvalue weighted by Crippen LogP contribution is 2.12. The Morgan fingerprint density at radius 3 is 2.40 bits per heavy atom. The lowest BCUT2D eigenvalue weighted by Crippen LogP contribution is -2.40. The molecular formula is C18H22ClFN2O3. The molecule has 1 amide bonds. The third kappa shape index (κ3) is 6.70. The van der Waals surface area contributed by atoms with Crippen LogP contribution in [0.3, 0.4) is 0 Å². The molecule has 0 aromatic heterocycles. The summed E-state index contributed by atoms with van der Waals surface area (Å²) in [5, 5.41) is 12.4. The van der Waals surface area contributed by atoms with Gasteiger partial charge in [0.05, 0.1) is 0 Å². The zero-order valence-electron chi connectivity index (χ0n) is 13.8. The van der Waals surface area contributed by atoms with Crippen molar-refractivity contribution < 1.29 is 19.0 Å². The van der Waals surface area contributed by atoms with Crippen LogP contribution in [0.2, 0.25) is 0 Å². The third-order valence-corrected chi connectivity index (χ3v) is 3.49. The van der Waals surface area contributed by atoms with Gasteiger partial charge in [-0.1, -0.05) is 29.8 Å². The van der Waals surface area contributed by atoms with Gasteiger partial charge in [0.2, 0.25) is 5.91 Å². The van der Waals surface area contributed by atoms with Gasteiger partial charge in [0.15, 0.2) is 0 Å². The molecule has 0 saturated carbocycles. The summed E-state index contributed by atoms with van der Waals surface area (Å²) >= 11 is 0. The van der Waals surface area contributed by atoms with E-state index in [0.717, 1.165) is 5.56 Å². The predicted molar refractivity (Wildman–Crippen MR) is 96.3 cm³/mol. The molecule has 4 N–H and O–H groups in total. The van der Waals surface area contributed by atoms with Crippen molar-refractivity contribution in [3.05, 3.63) is 65.5 Å². The maximum atomic E-state index is 12.8. The Balaban J connectivity index is 0.00000312. The summed E-state index contributed by atoms with van der Waals surface area (Å²) in [6, 6.07) is 12.0. The summed E-state index contributed by atoms with van der Waals surface area (Å²) < 4.78 is 18.1. The summed E-state index contributed by atoms with van der Waals surface area (Å²) in [5.74, 6) is -0.293. The Hall–Kier alpha value is -2.15.